The number of carbonyl (C=O) groups is 1. The maximum absolute atomic E-state index is 10.7. The van der Waals surface area contributed by atoms with Gasteiger partial charge in [0.15, 0.2) is 0 Å². The van der Waals surface area contributed by atoms with Gasteiger partial charge in [-0.2, -0.15) is 0 Å². The number of rotatable bonds is 1. The molecule has 10 heavy (non-hydrogen) atoms. The monoisotopic (exact) mass is 365 g/mol. The Morgan fingerprint density at radius 1 is 1.60 bits per heavy atom. The molecule has 0 aromatic carbocycles. The predicted molar refractivity (Wildman–Crippen MR) is 31.1 cm³/mol. The van der Waals surface area contributed by atoms with E-state index in [0.717, 1.165) is 13.0 Å². The topological polar surface area (TPSA) is 20.3 Å². The lowest BCUT2D eigenvalue weighted by Crippen LogP contribution is -3.00. The Morgan fingerprint density at radius 2 is 2.20 bits per heavy atom. The van der Waals surface area contributed by atoms with Crippen LogP contribution in [0.15, 0.2) is 12.8 Å². The second-order valence-electron chi connectivity index (χ2n) is 1.87. The number of carbonyl (C=O) groups excluding carboxylic acids is 1. The third kappa shape index (κ3) is 3.18. The van der Waals surface area contributed by atoms with Crippen LogP contribution < -0.4 is 48.0 Å². The van der Waals surface area contributed by atoms with Crippen molar-refractivity contribution in [2.75, 3.05) is 6.54 Å². The van der Waals surface area contributed by atoms with Gasteiger partial charge in [-0.05, 0) is 12.6 Å². The normalized spacial score (nSPS) is 15.6. The molecule has 0 saturated carbocycles. The molecule has 2 radical (unpaired) electrons. The SMILES string of the molecule is C=CN1CCCC1=O.[I+].[I-]. The third-order valence-corrected chi connectivity index (χ3v) is 1.33. The molecule has 1 aliphatic heterocycles. The molecular weight excluding hydrogens is 356 g/mol. The number of hydrogen-bond acceptors (Lipinski definition) is 1. The van der Waals surface area contributed by atoms with E-state index in [1.807, 2.05) is 0 Å². The minimum Gasteiger partial charge on any atom is -1.00 e. The average molecular weight is 365 g/mol. The molecule has 0 unspecified atom stereocenters. The molecule has 0 atom stereocenters. The van der Waals surface area contributed by atoms with Crippen LogP contribution in [0, 0.1) is 0 Å². The van der Waals surface area contributed by atoms with Crippen molar-refractivity contribution in [3.8, 4) is 0 Å². The molecule has 1 amide bonds. The highest BCUT2D eigenvalue weighted by Gasteiger charge is 2.15. The van der Waals surface area contributed by atoms with Crippen molar-refractivity contribution in [1.82, 2.24) is 4.90 Å². The van der Waals surface area contributed by atoms with E-state index in [0.29, 0.717) is 6.42 Å². The molecule has 0 aromatic rings. The summed E-state index contributed by atoms with van der Waals surface area (Å²) in [6, 6.07) is 0. The fourth-order valence-electron chi connectivity index (χ4n) is 0.862. The summed E-state index contributed by atoms with van der Waals surface area (Å²) in [6.07, 6.45) is 3.28. The number of likely N-dealkylation sites (tertiary alicyclic amines) is 1. The molecule has 58 valence electrons. The zero-order valence-corrected chi connectivity index (χ0v) is 9.83. The molecule has 0 bridgehead atoms. The first-order valence-electron chi connectivity index (χ1n) is 2.76. The van der Waals surface area contributed by atoms with Crippen molar-refractivity contribution in [3.63, 3.8) is 0 Å². The lowest BCUT2D eigenvalue weighted by atomic mass is 10.4. The molecule has 0 N–H and O–H groups in total. The van der Waals surface area contributed by atoms with Gasteiger partial charge in [0.25, 0.3) is 0 Å². The molecule has 1 aliphatic rings. The fraction of sp³-hybridized carbons (Fsp3) is 0.500. The minimum atomic E-state index is 0. The Morgan fingerprint density at radius 3 is 2.40 bits per heavy atom. The Bertz CT molecular complexity index is 127. The first-order chi connectivity index (χ1) is 3.84. The van der Waals surface area contributed by atoms with Gasteiger partial charge in [0, 0.05) is 13.0 Å². The molecule has 4 heteroatoms. The van der Waals surface area contributed by atoms with Gasteiger partial charge in [-0.25, -0.2) is 0 Å². The first-order valence-corrected chi connectivity index (χ1v) is 2.76. The van der Waals surface area contributed by atoms with Crippen LogP contribution in [0.25, 0.3) is 0 Å². The fourth-order valence-corrected chi connectivity index (χ4v) is 0.862. The van der Waals surface area contributed by atoms with E-state index in [1.165, 1.54) is 0 Å². The van der Waals surface area contributed by atoms with E-state index in [9.17, 15) is 4.79 Å². The summed E-state index contributed by atoms with van der Waals surface area (Å²) in [7, 11) is 0. The van der Waals surface area contributed by atoms with Gasteiger partial charge < -0.3 is 28.9 Å². The lowest BCUT2D eigenvalue weighted by molar-refractivity contribution is -0.125. The van der Waals surface area contributed by atoms with Crippen LogP contribution in [-0.2, 0) is 4.79 Å². The van der Waals surface area contributed by atoms with Crippen LogP contribution in [0.2, 0.25) is 0 Å². The van der Waals surface area contributed by atoms with Crippen molar-refractivity contribution in [3.05, 3.63) is 12.8 Å². The number of halogens is 2. The van der Waals surface area contributed by atoms with Gasteiger partial charge in [0.2, 0.25) is 5.91 Å². The van der Waals surface area contributed by atoms with Gasteiger partial charge in [0.1, 0.15) is 0 Å². The Balaban J connectivity index is 0. The Labute approximate surface area is 95.1 Å². The molecule has 0 aliphatic carbocycles. The van der Waals surface area contributed by atoms with Crippen LogP contribution in [0.1, 0.15) is 12.8 Å². The lowest BCUT2D eigenvalue weighted by Gasteiger charge is -2.05. The van der Waals surface area contributed by atoms with Crippen LogP contribution >= 0.6 is 0 Å². The van der Waals surface area contributed by atoms with Crippen LogP contribution in [0.4, 0.5) is 0 Å². The molecule has 1 fully saturated rings. The maximum atomic E-state index is 10.7. The molecule has 1 saturated heterocycles. The standard InChI is InChI=1S/C6H9NO.HI.I/c1-2-7-5-3-4-6(7)8;;/h2H,1,3-5H2;1H;/q;;+1/p-1. The summed E-state index contributed by atoms with van der Waals surface area (Å²) >= 11 is 0. The van der Waals surface area contributed by atoms with E-state index in [1.54, 1.807) is 11.1 Å². The number of hydrogen-bond donors (Lipinski definition) is 0. The molecule has 0 aromatic heterocycles. The van der Waals surface area contributed by atoms with Crippen LogP contribution in [0.5, 0.6) is 0 Å². The quantitative estimate of drug-likeness (QED) is 0.426. The molecule has 1 rings (SSSR count). The predicted octanol–water partition coefficient (Wildman–Crippen LogP) is -5.24. The second kappa shape index (κ2) is 6.38. The number of nitrogens with zero attached hydrogens (tertiary/aromatic N) is 1. The summed E-state index contributed by atoms with van der Waals surface area (Å²) in [5, 5.41) is 0. The summed E-state index contributed by atoms with van der Waals surface area (Å²) in [4.78, 5) is 12.3. The maximum Gasteiger partial charge on any atom is 1.00 e. The Hall–Kier alpha value is 0.670. The van der Waals surface area contributed by atoms with Crippen molar-refractivity contribution >= 4 is 5.91 Å². The van der Waals surface area contributed by atoms with Gasteiger partial charge >= 0.3 is 24.0 Å². The van der Waals surface area contributed by atoms with Crippen molar-refractivity contribution in [1.29, 1.82) is 0 Å². The second-order valence-corrected chi connectivity index (χ2v) is 1.87. The first kappa shape index (κ1) is 13.3. The van der Waals surface area contributed by atoms with Crippen molar-refractivity contribution in [2.45, 2.75) is 12.8 Å². The largest absolute Gasteiger partial charge is 1.00 e. The third-order valence-electron chi connectivity index (χ3n) is 1.33. The summed E-state index contributed by atoms with van der Waals surface area (Å²) < 4.78 is 0. The van der Waals surface area contributed by atoms with Crippen LogP contribution in [0.3, 0.4) is 0 Å². The Kier molecular flexibility index (Phi) is 8.47. The van der Waals surface area contributed by atoms with E-state index in [-0.39, 0.29) is 53.9 Å². The van der Waals surface area contributed by atoms with E-state index < -0.39 is 0 Å². The zero-order chi connectivity index (χ0) is 5.98. The molecule has 0 spiro atoms. The highest BCUT2D eigenvalue weighted by Crippen LogP contribution is 2.08. The zero-order valence-electron chi connectivity index (χ0n) is 5.52. The van der Waals surface area contributed by atoms with Gasteiger partial charge in [0.05, 0.1) is 0 Å². The smallest absolute Gasteiger partial charge is 1.00 e. The van der Waals surface area contributed by atoms with E-state index in [4.69, 9.17) is 0 Å². The van der Waals surface area contributed by atoms with Crippen molar-refractivity contribution < 1.29 is 52.7 Å². The van der Waals surface area contributed by atoms with Gasteiger partial charge in [-0.3, -0.25) is 4.79 Å². The number of amides is 1. The average Bonchev–Trinajstić information content (AvgIpc) is 2.14. The van der Waals surface area contributed by atoms with E-state index in [2.05, 4.69) is 6.58 Å². The van der Waals surface area contributed by atoms with Gasteiger partial charge in [-0.15, -0.1) is 0 Å². The molecule has 1 heterocycles. The van der Waals surface area contributed by atoms with Crippen molar-refractivity contribution in [2.24, 2.45) is 0 Å². The molecule has 2 nitrogen and oxygen atoms in total. The van der Waals surface area contributed by atoms with Gasteiger partial charge in [-0.1, -0.05) is 6.58 Å². The highest BCUT2D eigenvalue weighted by atomic mass is 127. The summed E-state index contributed by atoms with van der Waals surface area (Å²) in [5.74, 6) is 0.208. The molecular formula is C6H9I2NO. The van der Waals surface area contributed by atoms with Crippen LogP contribution in [-0.4, -0.2) is 17.4 Å². The highest BCUT2D eigenvalue weighted by molar-refractivity contribution is 5.78. The summed E-state index contributed by atoms with van der Waals surface area (Å²) in [6.45, 7) is 4.36. The summed E-state index contributed by atoms with van der Waals surface area (Å²) in [5.41, 5.74) is 0. The minimum absolute atomic E-state index is 0. The van der Waals surface area contributed by atoms with E-state index >= 15 is 0 Å².